The number of hydrogen-bond acceptors (Lipinski definition) is 2. The summed E-state index contributed by atoms with van der Waals surface area (Å²) in [5.74, 6) is 0. The van der Waals surface area contributed by atoms with Crippen molar-refractivity contribution in [2.75, 3.05) is 20.1 Å². The molecule has 0 aromatic rings. The van der Waals surface area contributed by atoms with Crippen LogP contribution in [-0.4, -0.2) is 30.6 Å². The van der Waals surface area contributed by atoms with Gasteiger partial charge in [-0.3, -0.25) is 4.90 Å². The van der Waals surface area contributed by atoms with Gasteiger partial charge in [0.1, 0.15) is 0 Å². The van der Waals surface area contributed by atoms with E-state index in [1.165, 1.54) is 0 Å². The molecule has 1 saturated heterocycles. The molecular weight excluding hydrogens is 124 g/mol. The van der Waals surface area contributed by atoms with E-state index >= 15 is 0 Å². The molecule has 0 aliphatic carbocycles. The second-order valence-electron chi connectivity index (χ2n) is 3.39. The first-order chi connectivity index (χ1) is 4.55. The van der Waals surface area contributed by atoms with Crippen molar-refractivity contribution in [3.8, 4) is 0 Å². The van der Waals surface area contributed by atoms with Gasteiger partial charge in [0.15, 0.2) is 0 Å². The normalized spacial score (nSPS) is 26.1. The fourth-order valence-electron chi connectivity index (χ4n) is 1.10. The molecule has 1 fully saturated rings. The highest BCUT2D eigenvalue weighted by atomic mass is 15.2. The molecule has 10 heavy (non-hydrogen) atoms. The third-order valence-corrected chi connectivity index (χ3v) is 2.48. The van der Waals surface area contributed by atoms with Crippen LogP contribution in [0.5, 0.6) is 0 Å². The predicted molar refractivity (Wildman–Crippen MR) is 43.9 cm³/mol. The van der Waals surface area contributed by atoms with Crippen molar-refractivity contribution in [3.05, 3.63) is 12.3 Å². The fraction of sp³-hybridized carbons (Fsp3) is 0.750. The van der Waals surface area contributed by atoms with Gasteiger partial charge in [0.05, 0.1) is 5.54 Å². The smallest absolute Gasteiger partial charge is 0.0543 e. The van der Waals surface area contributed by atoms with Crippen LogP contribution < -0.4 is 5.32 Å². The van der Waals surface area contributed by atoms with E-state index in [0.717, 1.165) is 18.8 Å². The number of piperazine rings is 1. The summed E-state index contributed by atoms with van der Waals surface area (Å²) in [7, 11) is 2.13. The Labute approximate surface area is 62.9 Å². The molecule has 0 amide bonds. The minimum atomic E-state index is 0.123. The van der Waals surface area contributed by atoms with Gasteiger partial charge < -0.3 is 5.32 Å². The van der Waals surface area contributed by atoms with Crippen LogP contribution >= 0.6 is 0 Å². The molecule has 1 heterocycles. The van der Waals surface area contributed by atoms with Gasteiger partial charge in [-0.15, -0.1) is 0 Å². The average molecular weight is 140 g/mol. The monoisotopic (exact) mass is 140 g/mol. The Morgan fingerprint density at radius 1 is 1.60 bits per heavy atom. The molecule has 2 nitrogen and oxygen atoms in total. The molecule has 0 aromatic heterocycles. The Morgan fingerprint density at radius 3 is 2.60 bits per heavy atom. The summed E-state index contributed by atoms with van der Waals surface area (Å²) in [5.41, 5.74) is 1.25. The molecule has 0 atom stereocenters. The maximum Gasteiger partial charge on any atom is 0.0543 e. The highest BCUT2D eigenvalue weighted by molar-refractivity contribution is 5.13. The van der Waals surface area contributed by atoms with E-state index in [9.17, 15) is 0 Å². The Kier molecular flexibility index (Phi) is 1.73. The first-order valence-corrected chi connectivity index (χ1v) is 3.69. The molecule has 0 bridgehead atoms. The minimum absolute atomic E-state index is 0.123. The quantitative estimate of drug-likeness (QED) is 0.536. The summed E-state index contributed by atoms with van der Waals surface area (Å²) in [6.07, 6.45) is 0. The minimum Gasteiger partial charge on any atom is -0.386 e. The summed E-state index contributed by atoms with van der Waals surface area (Å²) < 4.78 is 0. The lowest BCUT2D eigenvalue weighted by Gasteiger charge is -2.42. The summed E-state index contributed by atoms with van der Waals surface area (Å²) in [5, 5.41) is 3.27. The van der Waals surface area contributed by atoms with E-state index in [-0.39, 0.29) is 5.54 Å². The molecule has 1 aliphatic rings. The van der Waals surface area contributed by atoms with Crippen LogP contribution in [-0.2, 0) is 0 Å². The van der Waals surface area contributed by atoms with Gasteiger partial charge in [-0.25, -0.2) is 0 Å². The van der Waals surface area contributed by atoms with E-state index in [0.29, 0.717) is 0 Å². The van der Waals surface area contributed by atoms with Gasteiger partial charge in [-0.05, 0) is 20.9 Å². The third kappa shape index (κ3) is 1.03. The first kappa shape index (κ1) is 7.61. The molecule has 58 valence electrons. The first-order valence-electron chi connectivity index (χ1n) is 3.69. The maximum atomic E-state index is 3.96. The molecule has 1 aliphatic heterocycles. The van der Waals surface area contributed by atoms with E-state index in [4.69, 9.17) is 0 Å². The molecule has 1 rings (SSSR count). The van der Waals surface area contributed by atoms with Gasteiger partial charge >= 0.3 is 0 Å². The van der Waals surface area contributed by atoms with Crippen LogP contribution in [0.4, 0.5) is 0 Å². The molecule has 0 aromatic carbocycles. The molecule has 0 unspecified atom stereocenters. The standard InChI is InChI=1S/C8H16N2/c1-7-8(2,3)10(4)6-5-9-7/h9H,1,5-6H2,2-4H3. The van der Waals surface area contributed by atoms with E-state index < -0.39 is 0 Å². The van der Waals surface area contributed by atoms with Crippen molar-refractivity contribution >= 4 is 0 Å². The largest absolute Gasteiger partial charge is 0.386 e. The Hall–Kier alpha value is -0.500. The zero-order chi connectivity index (χ0) is 7.78. The number of nitrogens with one attached hydrogen (secondary N) is 1. The highest BCUT2D eigenvalue weighted by Crippen LogP contribution is 2.21. The topological polar surface area (TPSA) is 15.3 Å². The Morgan fingerprint density at radius 2 is 2.20 bits per heavy atom. The van der Waals surface area contributed by atoms with Gasteiger partial charge in [0, 0.05) is 18.8 Å². The van der Waals surface area contributed by atoms with Crippen LogP contribution in [0.3, 0.4) is 0 Å². The number of likely N-dealkylation sites (N-methyl/N-ethyl adjacent to an activating group) is 1. The lowest BCUT2D eigenvalue weighted by Crippen LogP contribution is -2.53. The van der Waals surface area contributed by atoms with Crippen LogP contribution in [0.2, 0.25) is 0 Å². The van der Waals surface area contributed by atoms with Gasteiger partial charge in [0.25, 0.3) is 0 Å². The van der Waals surface area contributed by atoms with Crippen molar-refractivity contribution in [3.63, 3.8) is 0 Å². The van der Waals surface area contributed by atoms with Crippen molar-refractivity contribution in [1.29, 1.82) is 0 Å². The number of rotatable bonds is 0. The molecule has 0 saturated carbocycles. The fourth-order valence-corrected chi connectivity index (χ4v) is 1.10. The summed E-state index contributed by atoms with van der Waals surface area (Å²) >= 11 is 0. The van der Waals surface area contributed by atoms with Crippen molar-refractivity contribution < 1.29 is 0 Å². The van der Waals surface area contributed by atoms with Crippen LogP contribution in [0.15, 0.2) is 12.3 Å². The van der Waals surface area contributed by atoms with Crippen molar-refractivity contribution in [2.45, 2.75) is 19.4 Å². The Bertz CT molecular complexity index is 149. The summed E-state index contributed by atoms with van der Waals surface area (Å²) in [4.78, 5) is 2.31. The lowest BCUT2D eigenvalue weighted by atomic mass is 9.97. The van der Waals surface area contributed by atoms with Gasteiger partial charge in [0.2, 0.25) is 0 Å². The second kappa shape index (κ2) is 2.27. The van der Waals surface area contributed by atoms with Gasteiger partial charge in [-0.1, -0.05) is 6.58 Å². The molecule has 1 N–H and O–H groups in total. The molecule has 0 spiro atoms. The zero-order valence-corrected chi connectivity index (χ0v) is 7.07. The second-order valence-corrected chi connectivity index (χ2v) is 3.39. The van der Waals surface area contributed by atoms with Crippen LogP contribution in [0, 0.1) is 0 Å². The zero-order valence-electron chi connectivity index (χ0n) is 7.07. The van der Waals surface area contributed by atoms with E-state index in [2.05, 4.69) is 37.7 Å². The predicted octanol–water partition coefficient (Wildman–Crippen LogP) is 0.814. The molecule has 0 radical (unpaired) electrons. The van der Waals surface area contributed by atoms with E-state index in [1.807, 2.05) is 0 Å². The van der Waals surface area contributed by atoms with Gasteiger partial charge in [-0.2, -0.15) is 0 Å². The van der Waals surface area contributed by atoms with Crippen LogP contribution in [0.25, 0.3) is 0 Å². The summed E-state index contributed by atoms with van der Waals surface area (Å²) in [6, 6.07) is 0. The van der Waals surface area contributed by atoms with Crippen LogP contribution in [0.1, 0.15) is 13.8 Å². The summed E-state index contributed by atoms with van der Waals surface area (Å²) in [6.45, 7) is 10.5. The highest BCUT2D eigenvalue weighted by Gasteiger charge is 2.29. The number of hydrogen-bond donors (Lipinski definition) is 1. The Balaban J connectivity index is 2.73. The SMILES string of the molecule is C=C1NCCN(C)C1(C)C. The van der Waals surface area contributed by atoms with Crippen molar-refractivity contribution in [1.82, 2.24) is 10.2 Å². The average Bonchev–Trinajstić information content (AvgIpc) is 1.84. The van der Waals surface area contributed by atoms with Crippen molar-refractivity contribution in [2.24, 2.45) is 0 Å². The van der Waals surface area contributed by atoms with E-state index in [1.54, 1.807) is 0 Å². The number of nitrogens with zero attached hydrogens (tertiary/aromatic N) is 1. The molecular formula is C8H16N2. The third-order valence-electron chi connectivity index (χ3n) is 2.48. The maximum absolute atomic E-state index is 3.96. The lowest BCUT2D eigenvalue weighted by molar-refractivity contribution is 0.159. The molecule has 2 heteroatoms.